The quantitative estimate of drug-likeness (QED) is 0.602. The summed E-state index contributed by atoms with van der Waals surface area (Å²) in [5.74, 6) is -0.165. The Hall–Kier alpha value is -1.62. The van der Waals surface area contributed by atoms with Crippen LogP contribution in [-0.2, 0) is 0 Å². The SMILES string of the molecule is O=C(c1ccc(Cl)c([N+](=O)[O-])c1)N1CCCC1. The Morgan fingerprint density at radius 3 is 2.59 bits per heavy atom. The Labute approximate surface area is 103 Å². The first kappa shape index (κ1) is 11.9. The molecule has 1 amide bonds. The molecule has 0 atom stereocenters. The molecular formula is C11H11ClN2O3. The standard InChI is InChI=1S/C11H11ClN2O3/c12-9-4-3-8(7-10(9)14(16)17)11(15)13-5-1-2-6-13/h3-4,7H,1-2,5-6H2. The predicted molar refractivity (Wildman–Crippen MR) is 63.2 cm³/mol. The lowest BCUT2D eigenvalue weighted by Crippen LogP contribution is -2.27. The van der Waals surface area contributed by atoms with E-state index in [-0.39, 0.29) is 16.6 Å². The summed E-state index contributed by atoms with van der Waals surface area (Å²) in [6.07, 6.45) is 1.98. The van der Waals surface area contributed by atoms with E-state index in [1.54, 1.807) is 4.90 Å². The van der Waals surface area contributed by atoms with E-state index in [0.29, 0.717) is 5.56 Å². The van der Waals surface area contributed by atoms with Crippen molar-refractivity contribution in [2.24, 2.45) is 0 Å². The van der Waals surface area contributed by atoms with Gasteiger partial charge in [-0.3, -0.25) is 14.9 Å². The number of benzene rings is 1. The number of amides is 1. The summed E-state index contributed by atoms with van der Waals surface area (Å²) >= 11 is 5.69. The summed E-state index contributed by atoms with van der Waals surface area (Å²) in [5.41, 5.74) is 0.0970. The normalized spacial score (nSPS) is 15.0. The molecule has 1 aromatic rings. The van der Waals surface area contributed by atoms with E-state index >= 15 is 0 Å². The van der Waals surface area contributed by atoms with Crippen molar-refractivity contribution in [3.05, 3.63) is 38.9 Å². The van der Waals surface area contributed by atoms with Gasteiger partial charge in [-0.05, 0) is 25.0 Å². The number of rotatable bonds is 2. The molecule has 0 spiro atoms. The molecule has 0 unspecified atom stereocenters. The molecule has 1 fully saturated rings. The van der Waals surface area contributed by atoms with Gasteiger partial charge in [0.2, 0.25) is 0 Å². The van der Waals surface area contributed by atoms with Crippen molar-refractivity contribution < 1.29 is 9.72 Å². The number of nitrogens with zero attached hydrogens (tertiary/aromatic N) is 2. The molecule has 0 aromatic heterocycles. The average molecular weight is 255 g/mol. The molecule has 1 heterocycles. The third-order valence-corrected chi connectivity index (χ3v) is 3.10. The first-order valence-electron chi connectivity index (χ1n) is 5.33. The van der Waals surface area contributed by atoms with Crippen LogP contribution in [0.25, 0.3) is 0 Å². The number of halogens is 1. The van der Waals surface area contributed by atoms with Gasteiger partial charge in [-0.25, -0.2) is 0 Å². The maximum absolute atomic E-state index is 12.0. The van der Waals surface area contributed by atoms with Crippen molar-refractivity contribution in [3.8, 4) is 0 Å². The first-order chi connectivity index (χ1) is 8.09. The molecule has 0 aliphatic carbocycles. The smallest absolute Gasteiger partial charge is 0.288 e. The second kappa shape index (κ2) is 4.71. The second-order valence-corrected chi connectivity index (χ2v) is 4.33. The fourth-order valence-corrected chi connectivity index (χ4v) is 2.07. The lowest BCUT2D eigenvalue weighted by atomic mass is 10.2. The summed E-state index contributed by atoms with van der Waals surface area (Å²) in [5, 5.41) is 10.8. The van der Waals surface area contributed by atoms with Crippen LogP contribution in [0.1, 0.15) is 23.2 Å². The molecular weight excluding hydrogens is 244 g/mol. The summed E-state index contributed by atoms with van der Waals surface area (Å²) in [6.45, 7) is 1.44. The highest BCUT2D eigenvalue weighted by Crippen LogP contribution is 2.26. The number of nitro benzene ring substituents is 1. The Kier molecular flexibility index (Phi) is 3.28. The van der Waals surface area contributed by atoms with Crippen LogP contribution in [0.2, 0.25) is 5.02 Å². The minimum absolute atomic E-state index is 0.0490. The van der Waals surface area contributed by atoms with E-state index in [1.165, 1.54) is 18.2 Å². The van der Waals surface area contributed by atoms with Gasteiger partial charge in [0, 0.05) is 24.7 Å². The van der Waals surface area contributed by atoms with Crippen LogP contribution in [0.3, 0.4) is 0 Å². The van der Waals surface area contributed by atoms with E-state index in [0.717, 1.165) is 25.9 Å². The van der Waals surface area contributed by atoms with Crippen LogP contribution >= 0.6 is 11.6 Å². The summed E-state index contributed by atoms with van der Waals surface area (Å²) < 4.78 is 0. The Bertz CT molecular complexity index is 470. The molecule has 5 nitrogen and oxygen atoms in total. The average Bonchev–Trinajstić information content (AvgIpc) is 2.81. The van der Waals surface area contributed by atoms with E-state index < -0.39 is 4.92 Å². The maximum Gasteiger partial charge on any atom is 0.288 e. The third kappa shape index (κ3) is 2.39. The molecule has 2 rings (SSSR count). The lowest BCUT2D eigenvalue weighted by Gasteiger charge is -2.14. The number of carbonyl (C=O) groups excluding carboxylic acids is 1. The molecule has 6 heteroatoms. The highest BCUT2D eigenvalue weighted by molar-refractivity contribution is 6.32. The van der Waals surface area contributed by atoms with Crippen LogP contribution in [0, 0.1) is 10.1 Å². The molecule has 0 saturated carbocycles. The Morgan fingerprint density at radius 1 is 1.35 bits per heavy atom. The molecule has 1 aliphatic rings. The molecule has 0 N–H and O–H groups in total. The van der Waals surface area contributed by atoms with Crippen molar-refractivity contribution in [2.75, 3.05) is 13.1 Å². The zero-order chi connectivity index (χ0) is 12.4. The minimum Gasteiger partial charge on any atom is -0.339 e. The zero-order valence-electron chi connectivity index (χ0n) is 9.06. The summed E-state index contributed by atoms with van der Waals surface area (Å²) in [7, 11) is 0. The number of nitro groups is 1. The van der Waals surface area contributed by atoms with Crippen LogP contribution in [0.5, 0.6) is 0 Å². The van der Waals surface area contributed by atoms with Gasteiger partial charge < -0.3 is 4.90 Å². The molecule has 17 heavy (non-hydrogen) atoms. The van der Waals surface area contributed by atoms with Gasteiger partial charge in [0.1, 0.15) is 5.02 Å². The van der Waals surface area contributed by atoms with E-state index in [2.05, 4.69) is 0 Å². The van der Waals surface area contributed by atoms with Gasteiger partial charge in [-0.1, -0.05) is 11.6 Å². The van der Waals surface area contributed by atoms with Gasteiger partial charge in [0.15, 0.2) is 0 Å². The fourth-order valence-electron chi connectivity index (χ4n) is 1.89. The maximum atomic E-state index is 12.0. The molecule has 1 saturated heterocycles. The van der Waals surface area contributed by atoms with Gasteiger partial charge in [0.25, 0.3) is 11.6 Å². The predicted octanol–water partition coefficient (Wildman–Crippen LogP) is 2.48. The van der Waals surface area contributed by atoms with E-state index in [1.807, 2.05) is 0 Å². The number of likely N-dealkylation sites (tertiary alicyclic amines) is 1. The molecule has 1 aliphatic heterocycles. The van der Waals surface area contributed by atoms with Crippen molar-refractivity contribution >= 4 is 23.2 Å². The largest absolute Gasteiger partial charge is 0.339 e. The molecule has 1 aromatic carbocycles. The number of carbonyl (C=O) groups is 1. The highest BCUT2D eigenvalue weighted by atomic mass is 35.5. The van der Waals surface area contributed by atoms with Gasteiger partial charge >= 0.3 is 0 Å². The highest BCUT2D eigenvalue weighted by Gasteiger charge is 2.22. The molecule has 0 bridgehead atoms. The van der Waals surface area contributed by atoms with Crippen LogP contribution in [0.15, 0.2) is 18.2 Å². The number of hydrogen-bond donors (Lipinski definition) is 0. The number of hydrogen-bond acceptors (Lipinski definition) is 3. The monoisotopic (exact) mass is 254 g/mol. The van der Waals surface area contributed by atoms with Gasteiger partial charge in [0.05, 0.1) is 4.92 Å². The Balaban J connectivity index is 2.29. The topological polar surface area (TPSA) is 63.4 Å². The van der Waals surface area contributed by atoms with Crippen LogP contribution < -0.4 is 0 Å². The van der Waals surface area contributed by atoms with Crippen LogP contribution in [0.4, 0.5) is 5.69 Å². The summed E-state index contributed by atoms with van der Waals surface area (Å²) in [4.78, 5) is 23.8. The minimum atomic E-state index is -0.580. The van der Waals surface area contributed by atoms with Crippen molar-refractivity contribution in [3.63, 3.8) is 0 Å². The third-order valence-electron chi connectivity index (χ3n) is 2.78. The first-order valence-corrected chi connectivity index (χ1v) is 5.70. The van der Waals surface area contributed by atoms with Gasteiger partial charge in [-0.2, -0.15) is 0 Å². The molecule has 0 radical (unpaired) electrons. The second-order valence-electron chi connectivity index (χ2n) is 3.92. The summed E-state index contributed by atoms with van der Waals surface area (Å²) in [6, 6.07) is 4.15. The van der Waals surface area contributed by atoms with E-state index in [4.69, 9.17) is 11.6 Å². The van der Waals surface area contributed by atoms with Crippen molar-refractivity contribution in [1.82, 2.24) is 4.90 Å². The zero-order valence-corrected chi connectivity index (χ0v) is 9.81. The van der Waals surface area contributed by atoms with Gasteiger partial charge in [-0.15, -0.1) is 0 Å². The Morgan fingerprint density at radius 2 is 2.00 bits per heavy atom. The lowest BCUT2D eigenvalue weighted by molar-refractivity contribution is -0.384. The molecule has 90 valence electrons. The van der Waals surface area contributed by atoms with Crippen molar-refractivity contribution in [2.45, 2.75) is 12.8 Å². The van der Waals surface area contributed by atoms with Crippen LogP contribution in [-0.4, -0.2) is 28.8 Å². The van der Waals surface area contributed by atoms with Crippen molar-refractivity contribution in [1.29, 1.82) is 0 Å². The van der Waals surface area contributed by atoms with E-state index in [9.17, 15) is 14.9 Å². The fraction of sp³-hybridized carbons (Fsp3) is 0.364.